The van der Waals surface area contributed by atoms with E-state index in [2.05, 4.69) is 0 Å². The molecule has 3 N–H and O–H groups in total. The van der Waals surface area contributed by atoms with Crippen molar-refractivity contribution in [3.63, 3.8) is 0 Å². The normalized spacial score (nSPS) is 9.05. The van der Waals surface area contributed by atoms with Gasteiger partial charge in [0.05, 0.1) is 11.1 Å². The Hall–Kier alpha value is -2.82. The maximum atomic E-state index is 10.4. The highest BCUT2D eigenvalue weighted by Crippen LogP contribution is 2.04. The van der Waals surface area contributed by atoms with Gasteiger partial charge in [0.1, 0.15) is 5.75 Å². The summed E-state index contributed by atoms with van der Waals surface area (Å²) in [6.07, 6.45) is 0. The van der Waals surface area contributed by atoms with E-state index in [1.54, 1.807) is 24.3 Å². The van der Waals surface area contributed by atoms with Crippen LogP contribution in [0.2, 0.25) is 0 Å². The Kier molecular flexibility index (Phi) is 5.10. The van der Waals surface area contributed by atoms with Crippen molar-refractivity contribution in [2.24, 2.45) is 0 Å². The number of carboxylic acid groups (broad SMARTS) is 2. The number of benzene rings is 2. The molecule has 0 spiro atoms. The molecule has 0 fully saturated rings. The summed E-state index contributed by atoms with van der Waals surface area (Å²) in [6.45, 7) is 0. The molecule has 0 unspecified atom stereocenters. The first-order valence-electron chi connectivity index (χ1n) is 5.31. The molecule has 0 aliphatic carbocycles. The SMILES string of the molecule is O=C(O)c1cccc(C(=O)O)c1.Oc1ccccc1. The number of para-hydroxylation sites is 1. The van der Waals surface area contributed by atoms with Crippen LogP contribution in [-0.2, 0) is 0 Å². The van der Waals surface area contributed by atoms with Crippen LogP contribution in [0, 0.1) is 0 Å². The smallest absolute Gasteiger partial charge is 0.335 e. The number of carbonyl (C=O) groups is 2. The van der Waals surface area contributed by atoms with E-state index < -0.39 is 11.9 Å². The van der Waals surface area contributed by atoms with Crippen molar-refractivity contribution in [1.82, 2.24) is 0 Å². The number of phenolic OH excluding ortho intramolecular Hbond substituents is 1. The standard InChI is InChI=1S/C8H6O4.C6H6O/c9-7(10)5-2-1-3-6(4-5)8(11)12;7-6-4-2-1-3-5-6/h1-4H,(H,9,10)(H,11,12);1-5,7H. The Labute approximate surface area is 109 Å². The Bertz CT molecular complexity index is 534. The van der Waals surface area contributed by atoms with Gasteiger partial charge in [0.25, 0.3) is 0 Å². The third-order valence-electron chi connectivity index (χ3n) is 2.11. The molecule has 2 aromatic rings. The lowest BCUT2D eigenvalue weighted by Gasteiger charge is -1.95. The largest absolute Gasteiger partial charge is 0.508 e. The van der Waals surface area contributed by atoms with Gasteiger partial charge in [-0.1, -0.05) is 24.3 Å². The number of phenols is 1. The van der Waals surface area contributed by atoms with Crippen LogP contribution >= 0.6 is 0 Å². The Morgan fingerprint density at radius 2 is 1.21 bits per heavy atom. The number of hydrogen-bond donors (Lipinski definition) is 3. The molecule has 0 aromatic heterocycles. The Morgan fingerprint density at radius 1 is 0.737 bits per heavy atom. The van der Waals surface area contributed by atoms with Crippen molar-refractivity contribution in [2.45, 2.75) is 0 Å². The molecule has 2 aromatic carbocycles. The molecule has 0 saturated carbocycles. The number of rotatable bonds is 2. The fraction of sp³-hybridized carbons (Fsp3) is 0. The second-order valence-corrected chi connectivity index (χ2v) is 3.53. The zero-order valence-electron chi connectivity index (χ0n) is 9.85. The molecule has 98 valence electrons. The van der Waals surface area contributed by atoms with Crippen molar-refractivity contribution in [3.05, 3.63) is 65.7 Å². The lowest BCUT2D eigenvalue weighted by Crippen LogP contribution is -2.01. The first kappa shape index (κ1) is 14.2. The fourth-order valence-electron chi connectivity index (χ4n) is 1.21. The summed E-state index contributed by atoms with van der Waals surface area (Å²) in [5.74, 6) is -1.93. The number of carboxylic acids is 2. The third kappa shape index (κ3) is 4.91. The topological polar surface area (TPSA) is 94.8 Å². The quantitative estimate of drug-likeness (QED) is 0.771. The summed E-state index contributed by atoms with van der Waals surface area (Å²) in [5, 5.41) is 25.6. The molecule has 0 bridgehead atoms. The van der Waals surface area contributed by atoms with Crippen molar-refractivity contribution in [3.8, 4) is 5.75 Å². The lowest BCUT2D eigenvalue weighted by atomic mass is 10.1. The second-order valence-electron chi connectivity index (χ2n) is 3.53. The van der Waals surface area contributed by atoms with Crippen LogP contribution in [0.1, 0.15) is 20.7 Å². The average Bonchev–Trinajstić information content (AvgIpc) is 2.40. The van der Waals surface area contributed by atoms with E-state index in [1.165, 1.54) is 18.2 Å². The molecule has 0 atom stereocenters. The second kappa shape index (κ2) is 6.80. The highest BCUT2D eigenvalue weighted by Gasteiger charge is 2.06. The molecule has 19 heavy (non-hydrogen) atoms. The molecule has 0 amide bonds. The maximum Gasteiger partial charge on any atom is 0.335 e. The summed E-state index contributed by atoms with van der Waals surface area (Å²) in [4.78, 5) is 20.8. The van der Waals surface area contributed by atoms with Crippen molar-refractivity contribution in [2.75, 3.05) is 0 Å². The fourth-order valence-corrected chi connectivity index (χ4v) is 1.21. The minimum atomic E-state index is -1.13. The van der Waals surface area contributed by atoms with E-state index >= 15 is 0 Å². The highest BCUT2D eigenvalue weighted by atomic mass is 16.4. The van der Waals surface area contributed by atoms with Gasteiger partial charge >= 0.3 is 11.9 Å². The summed E-state index contributed by atoms with van der Waals surface area (Å²) in [5.41, 5.74) is -0.0372. The van der Waals surface area contributed by atoms with Crippen LogP contribution in [0.15, 0.2) is 54.6 Å². The molecule has 0 radical (unpaired) electrons. The average molecular weight is 260 g/mol. The summed E-state index contributed by atoms with van der Waals surface area (Å²) < 4.78 is 0. The predicted octanol–water partition coefficient (Wildman–Crippen LogP) is 2.48. The molecule has 0 heterocycles. The van der Waals surface area contributed by atoms with Crippen LogP contribution < -0.4 is 0 Å². The molecule has 0 aliphatic rings. The van der Waals surface area contributed by atoms with E-state index in [1.807, 2.05) is 6.07 Å². The molecule has 2 rings (SSSR count). The molecule has 5 nitrogen and oxygen atoms in total. The minimum absolute atomic E-state index is 0.0186. The molecule has 5 heteroatoms. The van der Waals surface area contributed by atoms with Gasteiger partial charge in [-0.3, -0.25) is 0 Å². The predicted molar refractivity (Wildman–Crippen MR) is 68.5 cm³/mol. The van der Waals surface area contributed by atoms with E-state index in [4.69, 9.17) is 15.3 Å². The van der Waals surface area contributed by atoms with Crippen molar-refractivity contribution in [1.29, 1.82) is 0 Å². The lowest BCUT2D eigenvalue weighted by molar-refractivity contribution is 0.0696. The maximum absolute atomic E-state index is 10.4. The van der Waals surface area contributed by atoms with Crippen LogP contribution in [0.3, 0.4) is 0 Å². The van der Waals surface area contributed by atoms with Crippen LogP contribution in [0.4, 0.5) is 0 Å². The first-order chi connectivity index (χ1) is 9.00. The Morgan fingerprint density at radius 3 is 1.53 bits per heavy atom. The number of aromatic carboxylic acids is 2. The molecule has 0 saturated heterocycles. The minimum Gasteiger partial charge on any atom is -0.508 e. The summed E-state index contributed by atoms with van der Waals surface area (Å²) in [6, 6.07) is 13.9. The van der Waals surface area contributed by atoms with Crippen LogP contribution in [-0.4, -0.2) is 27.3 Å². The van der Waals surface area contributed by atoms with E-state index in [9.17, 15) is 9.59 Å². The van der Waals surface area contributed by atoms with E-state index in [0.29, 0.717) is 5.75 Å². The molecular formula is C14H12O5. The van der Waals surface area contributed by atoms with Crippen molar-refractivity contribution >= 4 is 11.9 Å². The van der Waals surface area contributed by atoms with Crippen LogP contribution in [0.25, 0.3) is 0 Å². The number of aromatic hydroxyl groups is 1. The Balaban J connectivity index is 0.000000218. The summed E-state index contributed by atoms with van der Waals surface area (Å²) >= 11 is 0. The van der Waals surface area contributed by atoms with Gasteiger partial charge in [-0.05, 0) is 30.3 Å². The first-order valence-corrected chi connectivity index (χ1v) is 5.31. The zero-order chi connectivity index (χ0) is 14.3. The van der Waals surface area contributed by atoms with Crippen LogP contribution in [0.5, 0.6) is 5.75 Å². The van der Waals surface area contributed by atoms with Gasteiger partial charge in [0.2, 0.25) is 0 Å². The van der Waals surface area contributed by atoms with Gasteiger partial charge in [-0.25, -0.2) is 9.59 Å². The molecule has 0 aliphatic heterocycles. The van der Waals surface area contributed by atoms with Gasteiger partial charge in [0.15, 0.2) is 0 Å². The van der Waals surface area contributed by atoms with E-state index in [-0.39, 0.29) is 11.1 Å². The summed E-state index contributed by atoms with van der Waals surface area (Å²) in [7, 11) is 0. The number of hydrogen-bond acceptors (Lipinski definition) is 3. The van der Waals surface area contributed by atoms with Gasteiger partial charge in [-0.15, -0.1) is 0 Å². The third-order valence-corrected chi connectivity index (χ3v) is 2.11. The highest BCUT2D eigenvalue weighted by molar-refractivity contribution is 5.93. The molecular weight excluding hydrogens is 248 g/mol. The van der Waals surface area contributed by atoms with Gasteiger partial charge in [-0.2, -0.15) is 0 Å². The zero-order valence-corrected chi connectivity index (χ0v) is 9.85. The van der Waals surface area contributed by atoms with Gasteiger partial charge in [0, 0.05) is 0 Å². The van der Waals surface area contributed by atoms with Gasteiger partial charge < -0.3 is 15.3 Å². The van der Waals surface area contributed by atoms with E-state index in [0.717, 1.165) is 6.07 Å². The van der Waals surface area contributed by atoms with Crippen molar-refractivity contribution < 1.29 is 24.9 Å². The monoisotopic (exact) mass is 260 g/mol.